The topological polar surface area (TPSA) is 32.3 Å². The van der Waals surface area contributed by atoms with Crippen molar-refractivity contribution in [3.8, 4) is 0 Å². The van der Waals surface area contributed by atoms with E-state index in [1.165, 1.54) is 0 Å². The lowest BCUT2D eigenvalue weighted by atomic mass is 11.3. The molecule has 3 heteroatoms. The van der Waals surface area contributed by atoms with Gasteiger partial charge in [0, 0.05) is 6.17 Å². The molecule has 0 aliphatic carbocycles. The van der Waals surface area contributed by atoms with Gasteiger partial charge >= 0.3 is 0 Å². The van der Waals surface area contributed by atoms with Crippen LogP contribution in [0.2, 0.25) is 0 Å². The van der Waals surface area contributed by atoms with Crippen LogP contribution in [0.5, 0.6) is 0 Å². The summed E-state index contributed by atoms with van der Waals surface area (Å²) in [5.74, 6) is 0. The van der Waals surface area contributed by atoms with Crippen molar-refractivity contribution < 1.29 is 4.80 Å². The van der Waals surface area contributed by atoms with E-state index in [2.05, 4.69) is 5.32 Å². The van der Waals surface area contributed by atoms with Gasteiger partial charge in [-0.15, -0.1) is 0 Å². The highest BCUT2D eigenvalue weighted by molar-refractivity contribution is 6.25. The minimum Gasteiger partial charge on any atom is -0.437 e. The zero-order chi connectivity index (χ0) is 4.12. The molecule has 0 bridgehead atoms. The summed E-state index contributed by atoms with van der Waals surface area (Å²) in [4.78, 5) is 8.14. The van der Waals surface area contributed by atoms with Crippen molar-refractivity contribution in [3.63, 3.8) is 0 Å². The van der Waals surface area contributed by atoms with E-state index in [1.807, 2.05) is 7.05 Å². The quantitative estimate of drug-likeness (QED) is 0.395. The van der Waals surface area contributed by atoms with Gasteiger partial charge in [-0.2, -0.15) is 0 Å². The Hall–Kier alpha value is 0.137. The average Bonchev–Trinajstić information content (AvgIpc) is 1.41. The summed E-state index contributed by atoms with van der Waals surface area (Å²) in [5.41, 5.74) is 0. The Labute approximate surface area is 34.1 Å². The molecule has 0 saturated carbocycles. The lowest BCUT2D eigenvalue weighted by molar-refractivity contribution is 0.595. The first-order valence-corrected chi connectivity index (χ1v) is 3.30. The van der Waals surface area contributed by atoms with Gasteiger partial charge in [0.05, 0.1) is 0 Å². The standard InChI is InChI=1S/C2H9NOSi/c1-3-2-5-4/h3-4H,2,5H2,1H3. The van der Waals surface area contributed by atoms with Gasteiger partial charge in [-0.05, 0) is 7.05 Å². The summed E-state index contributed by atoms with van der Waals surface area (Å²) < 4.78 is 0. The summed E-state index contributed by atoms with van der Waals surface area (Å²) in [6.07, 6.45) is 0.833. The first-order valence-electron chi connectivity index (χ1n) is 1.67. The molecule has 0 atom stereocenters. The highest BCUT2D eigenvalue weighted by atomic mass is 28.2. The molecule has 0 aromatic rings. The number of nitrogens with one attached hydrogen (secondary N) is 1. The van der Waals surface area contributed by atoms with Gasteiger partial charge in [-0.25, -0.2) is 0 Å². The van der Waals surface area contributed by atoms with E-state index in [4.69, 9.17) is 4.80 Å². The lowest BCUT2D eigenvalue weighted by Gasteiger charge is -1.83. The van der Waals surface area contributed by atoms with Gasteiger partial charge in [-0.3, -0.25) is 0 Å². The summed E-state index contributed by atoms with van der Waals surface area (Å²) in [6, 6.07) is 0. The van der Waals surface area contributed by atoms with E-state index in [0.29, 0.717) is 0 Å². The lowest BCUT2D eigenvalue weighted by Crippen LogP contribution is -2.13. The molecular formula is C2H9NOSi. The van der Waals surface area contributed by atoms with Gasteiger partial charge in [0.2, 0.25) is 0 Å². The van der Waals surface area contributed by atoms with Crippen LogP contribution in [0, 0.1) is 0 Å². The van der Waals surface area contributed by atoms with Gasteiger partial charge in [0.15, 0.2) is 9.76 Å². The zero-order valence-corrected chi connectivity index (χ0v) is 4.78. The molecule has 0 aliphatic rings. The summed E-state index contributed by atoms with van der Waals surface area (Å²) in [7, 11) is 1.14. The largest absolute Gasteiger partial charge is 0.437 e. The Kier molecular flexibility index (Phi) is 4.25. The number of rotatable bonds is 2. The van der Waals surface area contributed by atoms with Crippen molar-refractivity contribution in [2.45, 2.75) is 0 Å². The first-order chi connectivity index (χ1) is 2.41. The molecule has 0 aromatic carbocycles. The van der Waals surface area contributed by atoms with Crippen molar-refractivity contribution in [2.75, 3.05) is 13.2 Å². The van der Waals surface area contributed by atoms with Crippen LogP contribution in [0.3, 0.4) is 0 Å². The smallest absolute Gasteiger partial charge is 0.170 e. The second-order valence-electron chi connectivity index (χ2n) is 0.827. The van der Waals surface area contributed by atoms with Crippen LogP contribution in [0.1, 0.15) is 0 Å². The maximum Gasteiger partial charge on any atom is 0.170 e. The fraction of sp³-hybridized carbons (Fsp3) is 1.00. The Balaban J connectivity index is 2.19. The molecule has 5 heavy (non-hydrogen) atoms. The Morgan fingerprint density at radius 2 is 2.60 bits per heavy atom. The third-order valence-electron chi connectivity index (χ3n) is 0.362. The molecule has 0 heterocycles. The van der Waals surface area contributed by atoms with Crippen LogP contribution >= 0.6 is 0 Å². The number of hydrogen-bond acceptors (Lipinski definition) is 2. The van der Waals surface area contributed by atoms with Gasteiger partial charge in [-0.1, -0.05) is 0 Å². The average molecular weight is 91.2 g/mol. The van der Waals surface area contributed by atoms with Crippen molar-refractivity contribution in [2.24, 2.45) is 0 Å². The predicted molar refractivity (Wildman–Crippen MR) is 24.7 cm³/mol. The summed E-state index contributed by atoms with van der Waals surface area (Å²) in [5, 5.41) is 2.83. The van der Waals surface area contributed by atoms with Gasteiger partial charge < -0.3 is 10.1 Å². The molecule has 0 unspecified atom stereocenters. The van der Waals surface area contributed by atoms with Crippen LogP contribution in [-0.4, -0.2) is 27.8 Å². The Morgan fingerprint density at radius 3 is 2.60 bits per heavy atom. The van der Waals surface area contributed by atoms with Crippen LogP contribution in [0.4, 0.5) is 0 Å². The van der Waals surface area contributed by atoms with E-state index < -0.39 is 9.76 Å². The molecule has 0 rings (SSSR count). The zero-order valence-electron chi connectivity index (χ0n) is 3.36. The predicted octanol–water partition coefficient (Wildman–Crippen LogP) is -1.76. The molecule has 0 spiro atoms. The third kappa shape index (κ3) is 4.14. The van der Waals surface area contributed by atoms with Crippen LogP contribution in [-0.2, 0) is 0 Å². The summed E-state index contributed by atoms with van der Waals surface area (Å²) in [6.45, 7) is 0. The molecular weight excluding hydrogens is 82.1 g/mol. The molecule has 0 radical (unpaired) electrons. The molecule has 2 nitrogen and oxygen atoms in total. The molecule has 0 amide bonds. The van der Waals surface area contributed by atoms with Crippen molar-refractivity contribution in [1.29, 1.82) is 0 Å². The molecule has 0 fully saturated rings. The van der Waals surface area contributed by atoms with E-state index in [0.717, 1.165) is 6.17 Å². The van der Waals surface area contributed by atoms with E-state index in [1.54, 1.807) is 0 Å². The highest BCUT2D eigenvalue weighted by Crippen LogP contribution is 1.37. The minimum atomic E-state index is -0.697. The van der Waals surface area contributed by atoms with Crippen LogP contribution < -0.4 is 5.32 Å². The summed E-state index contributed by atoms with van der Waals surface area (Å²) >= 11 is 0. The van der Waals surface area contributed by atoms with Crippen LogP contribution in [0.25, 0.3) is 0 Å². The second-order valence-corrected chi connectivity index (χ2v) is 1.77. The van der Waals surface area contributed by atoms with Crippen molar-refractivity contribution in [1.82, 2.24) is 5.32 Å². The van der Waals surface area contributed by atoms with Gasteiger partial charge in [0.25, 0.3) is 0 Å². The van der Waals surface area contributed by atoms with E-state index in [9.17, 15) is 0 Å². The van der Waals surface area contributed by atoms with E-state index in [-0.39, 0.29) is 0 Å². The normalized spacial score (nSPS) is 10.8. The molecule has 0 saturated heterocycles. The maximum absolute atomic E-state index is 8.14. The number of hydrogen-bond donors (Lipinski definition) is 2. The molecule has 2 N–H and O–H groups in total. The molecule has 0 aromatic heterocycles. The Morgan fingerprint density at radius 1 is 2.00 bits per heavy atom. The van der Waals surface area contributed by atoms with E-state index >= 15 is 0 Å². The van der Waals surface area contributed by atoms with Crippen LogP contribution in [0.15, 0.2) is 0 Å². The highest BCUT2D eigenvalue weighted by Gasteiger charge is 1.68. The van der Waals surface area contributed by atoms with Crippen molar-refractivity contribution in [3.05, 3.63) is 0 Å². The van der Waals surface area contributed by atoms with Crippen molar-refractivity contribution >= 4 is 9.76 Å². The maximum atomic E-state index is 8.14. The monoisotopic (exact) mass is 91.0 g/mol. The molecule has 32 valence electrons. The second kappa shape index (κ2) is 4.14. The third-order valence-corrected chi connectivity index (χ3v) is 1.09. The fourth-order valence-electron chi connectivity index (χ4n) is 0.112. The minimum absolute atomic E-state index is 0.697. The van der Waals surface area contributed by atoms with Gasteiger partial charge in [0.1, 0.15) is 0 Å². The Bertz CT molecular complexity index is 17.1. The first kappa shape index (κ1) is 5.14. The fourth-order valence-corrected chi connectivity index (χ4v) is 0.335. The SMILES string of the molecule is CNC[SiH2]O. The molecule has 0 aliphatic heterocycles.